The molecular formula is C14H12BrClFNO. The molecule has 2 rings (SSSR count). The summed E-state index contributed by atoms with van der Waals surface area (Å²) < 4.78 is 14.5. The molecule has 5 heteroatoms. The van der Waals surface area contributed by atoms with Crippen LogP contribution in [0.1, 0.15) is 11.6 Å². The minimum atomic E-state index is -0.515. The van der Waals surface area contributed by atoms with E-state index in [4.69, 9.17) is 11.6 Å². The first-order chi connectivity index (χ1) is 9.10. The number of hydrogen-bond acceptors (Lipinski definition) is 2. The minimum absolute atomic E-state index is 0.212. The van der Waals surface area contributed by atoms with E-state index in [1.807, 2.05) is 0 Å². The molecule has 19 heavy (non-hydrogen) atoms. The molecule has 0 aliphatic rings. The van der Waals surface area contributed by atoms with Gasteiger partial charge >= 0.3 is 0 Å². The van der Waals surface area contributed by atoms with Crippen molar-refractivity contribution >= 4 is 33.2 Å². The Morgan fingerprint density at radius 3 is 2.53 bits per heavy atom. The molecule has 2 aromatic carbocycles. The number of nitrogens with one attached hydrogen (secondary N) is 1. The molecular weight excluding hydrogens is 333 g/mol. The van der Waals surface area contributed by atoms with E-state index in [0.717, 1.165) is 10.2 Å². The molecule has 0 bridgehead atoms. The van der Waals surface area contributed by atoms with E-state index in [1.54, 1.807) is 36.4 Å². The molecule has 0 fully saturated rings. The molecule has 0 aliphatic carbocycles. The van der Waals surface area contributed by atoms with Crippen LogP contribution in [0.15, 0.2) is 46.9 Å². The van der Waals surface area contributed by atoms with Gasteiger partial charge in [-0.1, -0.05) is 27.5 Å². The monoisotopic (exact) mass is 343 g/mol. The van der Waals surface area contributed by atoms with Crippen LogP contribution in [-0.2, 0) is 0 Å². The largest absolute Gasteiger partial charge is 0.394 e. The number of aliphatic hydroxyl groups excluding tert-OH is 1. The highest BCUT2D eigenvalue weighted by molar-refractivity contribution is 9.10. The lowest BCUT2D eigenvalue weighted by Gasteiger charge is -2.19. The molecule has 0 heterocycles. The van der Waals surface area contributed by atoms with E-state index in [9.17, 15) is 9.50 Å². The molecule has 2 aromatic rings. The van der Waals surface area contributed by atoms with Crippen LogP contribution >= 0.6 is 27.5 Å². The van der Waals surface area contributed by atoms with Crippen LogP contribution in [0.5, 0.6) is 0 Å². The summed E-state index contributed by atoms with van der Waals surface area (Å²) in [6.45, 7) is -0.212. The summed E-state index contributed by atoms with van der Waals surface area (Å²) >= 11 is 9.10. The third kappa shape index (κ3) is 3.69. The summed E-state index contributed by atoms with van der Waals surface area (Å²) in [5, 5.41) is 13.1. The van der Waals surface area contributed by atoms with Crippen LogP contribution in [-0.4, -0.2) is 11.7 Å². The molecule has 100 valence electrons. The number of anilines is 1. The van der Waals surface area contributed by atoms with Crippen molar-refractivity contribution in [1.29, 1.82) is 0 Å². The van der Waals surface area contributed by atoms with Crippen molar-refractivity contribution in [3.05, 3.63) is 63.3 Å². The Hall–Kier alpha value is -1.10. The SMILES string of the molecule is OCC(Nc1ccc(Cl)cc1)c1cc(Br)ccc1F. The zero-order valence-corrected chi connectivity index (χ0v) is 12.2. The Morgan fingerprint density at radius 2 is 1.89 bits per heavy atom. The van der Waals surface area contributed by atoms with E-state index in [2.05, 4.69) is 21.2 Å². The van der Waals surface area contributed by atoms with E-state index in [1.165, 1.54) is 6.07 Å². The second-order valence-electron chi connectivity index (χ2n) is 4.05. The zero-order chi connectivity index (χ0) is 13.8. The molecule has 0 aromatic heterocycles. The summed E-state index contributed by atoms with van der Waals surface area (Å²) in [4.78, 5) is 0. The fourth-order valence-electron chi connectivity index (χ4n) is 1.75. The lowest BCUT2D eigenvalue weighted by Crippen LogP contribution is -2.16. The van der Waals surface area contributed by atoms with Gasteiger partial charge in [0.2, 0.25) is 0 Å². The molecule has 2 N–H and O–H groups in total. The first-order valence-corrected chi connectivity index (χ1v) is 6.85. The highest BCUT2D eigenvalue weighted by atomic mass is 79.9. The molecule has 0 aliphatic heterocycles. The predicted octanol–water partition coefficient (Wildman–Crippen LogP) is 4.39. The Morgan fingerprint density at radius 1 is 1.21 bits per heavy atom. The average Bonchev–Trinajstić information content (AvgIpc) is 2.41. The van der Waals surface area contributed by atoms with Gasteiger partial charge in [-0.15, -0.1) is 0 Å². The fraction of sp³-hybridized carbons (Fsp3) is 0.143. The van der Waals surface area contributed by atoms with Crippen molar-refractivity contribution in [3.63, 3.8) is 0 Å². The maximum absolute atomic E-state index is 13.8. The Kier molecular flexibility index (Phi) is 4.80. The number of hydrogen-bond donors (Lipinski definition) is 2. The molecule has 0 amide bonds. The van der Waals surface area contributed by atoms with Gasteiger partial charge in [0.05, 0.1) is 12.6 Å². The lowest BCUT2D eigenvalue weighted by atomic mass is 10.1. The summed E-state index contributed by atoms with van der Waals surface area (Å²) in [6, 6.07) is 11.1. The van der Waals surface area contributed by atoms with E-state index < -0.39 is 6.04 Å². The van der Waals surface area contributed by atoms with Crippen LogP contribution < -0.4 is 5.32 Å². The van der Waals surface area contributed by atoms with Crippen LogP contribution in [0.25, 0.3) is 0 Å². The van der Waals surface area contributed by atoms with Gasteiger partial charge in [0.25, 0.3) is 0 Å². The van der Waals surface area contributed by atoms with Gasteiger partial charge in [0, 0.05) is 20.7 Å². The average molecular weight is 345 g/mol. The Bertz CT molecular complexity index is 562. The van der Waals surface area contributed by atoms with Gasteiger partial charge in [-0.2, -0.15) is 0 Å². The van der Waals surface area contributed by atoms with Crippen LogP contribution in [0.3, 0.4) is 0 Å². The van der Waals surface area contributed by atoms with Gasteiger partial charge < -0.3 is 10.4 Å². The van der Waals surface area contributed by atoms with Crippen molar-refractivity contribution in [2.24, 2.45) is 0 Å². The quantitative estimate of drug-likeness (QED) is 0.862. The molecule has 0 saturated carbocycles. The number of rotatable bonds is 4. The van der Waals surface area contributed by atoms with Crippen molar-refractivity contribution < 1.29 is 9.50 Å². The van der Waals surface area contributed by atoms with Gasteiger partial charge in [-0.05, 0) is 42.5 Å². The fourth-order valence-corrected chi connectivity index (χ4v) is 2.26. The summed E-state index contributed by atoms with van der Waals surface area (Å²) in [5.74, 6) is -0.358. The predicted molar refractivity (Wildman–Crippen MR) is 79.0 cm³/mol. The molecule has 2 nitrogen and oxygen atoms in total. The molecule has 0 spiro atoms. The second-order valence-corrected chi connectivity index (χ2v) is 5.40. The Balaban J connectivity index is 2.24. The maximum Gasteiger partial charge on any atom is 0.128 e. The molecule has 1 unspecified atom stereocenters. The minimum Gasteiger partial charge on any atom is -0.394 e. The third-order valence-corrected chi connectivity index (χ3v) is 3.45. The standard InChI is InChI=1S/C14H12BrClFNO/c15-9-1-6-13(17)12(7-9)14(8-19)18-11-4-2-10(16)3-5-11/h1-7,14,18-19H,8H2. The van der Waals surface area contributed by atoms with Crippen LogP contribution in [0, 0.1) is 5.82 Å². The van der Waals surface area contributed by atoms with Gasteiger partial charge in [0.15, 0.2) is 0 Å². The molecule has 1 atom stereocenters. The highest BCUT2D eigenvalue weighted by Gasteiger charge is 2.15. The van der Waals surface area contributed by atoms with E-state index in [0.29, 0.717) is 10.6 Å². The molecule has 0 saturated heterocycles. The number of aliphatic hydroxyl groups is 1. The zero-order valence-electron chi connectivity index (χ0n) is 9.91. The third-order valence-electron chi connectivity index (χ3n) is 2.70. The van der Waals surface area contributed by atoms with Gasteiger partial charge in [-0.25, -0.2) is 4.39 Å². The summed E-state index contributed by atoms with van der Waals surface area (Å²) in [7, 11) is 0. The Labute approximate surface area is 124 Å². The van der Waals surface area contributed by atoms with Crippen molar-refractivity contribution in [3.8, 4) is 0 Å². The van der Waals surface area contributed by atoms with Crippen molar-refractivity contribution in [2.45, 2.75) is 6.04 Å². The smallest absolute Gasteiger partial charge is 0.128 e. The van der Waals surface area contributed by atoms with E-state index >= 15 is 0 Å². The van der Waals surface area contributed by atoms with E-state index in [-0.39, 0.29) is 12.4 Å². The van der Waals surface area contributed by atoms with Crippen molar-refractivity contribution in [2.75, 3.05) is 11.9 Å². The van der Waals surface area contributed by atoms with Gasteiger partial charge in [0.1, 0.15) is 5.82 Å². The molecule has 0 radical (unpaired) electrons. The van der Waals surface area contributed by atoms with Crippen LogP contribution in [0.2, 0.25) is 5.02 Å². The lowest BCUT2D eigenvalue weighted by molar-refractivity contribution is 0.274. The highest BCUT2D eigenvalue weighted by Crippen LogP contribution is 2.25. The van der Waals surface area contributed by atoms with Gasteiger partial charge in [-0.3, -0.25) is 0 Å². The first-order valence-electron chi connectivity index (χ1n) is 5.68. The summed E-state index contributed by atoms with van der Waals surface area (Å²) in [5.41, 5.74) is 1.18. The second kappa shape index (κ2) is 6.37. The van der Waals surface area contributed by atoms with Crippen molar-refractivity contribution in [1.82, 2.24) is 0 Å². The number of halogens is 3. The maximum atomic E-state index is 13.8. The number of benzene rings is 2. The first kappa shape index (κ1) is 14.3. The van der Waals surface area contributed by atoms with Crippen LogP contribution in [0.4, 0.5) is 10.1 Å². The topological polar surface area (TPSA) is 32.3 Å². The summed E-state index contributed by atoms with van der Waals surface area (Å²) in [6.07, 6.45) is 0. The normalized spacial score (nSPS) is 12.2.